The molecular formula is C28H40N8O3. The lowest BCUT2D eigenvalue weighted by atomic mass is 10.0. The van der Waals surface area contributed by atoms with Crippen LogP contribution in [0.25, 0.3) is 11.4 Å². The summed E-state index contributed by atoms with van der Waals surface area (Å²) in [5.74, 6) is 1.82. The number of rotatable bonds is 6. The van der Waals surface area contributed by atoms with Gasteiger partial charge in [0.15, 0.2) is 5.82 Å². The molecule has 2 aromatic rings. The Bertz CT molecular complexity index is 1170. The number of aromatic nitrogens is 2. The molecule has 5 rings (SSSR count). The van der Waals surface area contributed by atoms with Gasteiger partial charge in [0.25, 0.3) is 0 Å². The number of morpholine rings is 1. The van der Waals surface area contributed by atoms with E-state index in [1.807, 2.05) is 36.1 Å². The number of carbonyl (C=O) groups is 2. The normalized spacial score (nSPS) is 20.4. The van der Waals surface area contributed by atoms with Gasteiger partial charge in [-0.3, -0.25) is 9.69 Å². The maximum Gasteiger partial charge on any atom is 0.319 e. The summed E-state index contributed by atoms with van der Waals surface area (Å²) in [6.07, 6.45) is 0.806. The third-order valence-electron chi connectivity index (χ3n) is 7.72. The van der Waals surface area contributed by atoms with Crippen molar-refractivity contribution in [1.29, 1.82) is 0 Å². The van der Waals surface area contributed by atoms with Crippen LogP contribution in [0.5, 0.6) is 0 Å². The molecule has 0 aliphatic carbocycles. The molecular weight excluding hydrogens is 496 g/mol. The van der Waals surface area contributed by atoms with Crippen molar-refractivity contribution >= 4 is 23.4 Å². The number of nitrogens with zero attached hydrogens (tertiary/aromatic N) is 6. The van der Waals surface area contributed by atoms with E-state index in [1.165, 1.54) is 5.56 Å². The zero-order valence-electron chi connectivity index (χ0n) is 23.3. The number of piperazine rings is 1. The highest BCUT2D eigenvalue weighted by Crippen LogP contribution is 2.31. The summed E-state index contributed by atoms with van der Waals surface area (Å²) in [5, 5.41) is 5.57. The van der Waals surface area contributed by atoms with Crippen LogP contribution in [-0.2, 0) is 22.5 Å². The first-order valence-electron chi connectivity index (χ1n) is 14.0. The van der Waals surface area contributed by atoms with Gasteiger partial charge < -0.3 is 30.1 Å². The van der Waals surface area contributed by atoms with Crippen molar-refractivity contribution in [3.63, 3.8) is 0 Å². The summed E-state index contributed by atoms with van der Waals surface area (Å²) in [7, 11) is 2.10. The summed E-state index contributed by atoms with van der Waals surface area (Å²) in [6, 6.07) is 7.59. The van der Waals surface area contributed by atoms with Crippen LogP contribution in [0, 0.1) is 0 Å². The summed E-state index contributed by atoms with van der Waals surface area (Å²) >= 11 is 0. The summed E-state index contributed by atoms with van der Waals surface area (Å²) < 4.78 is 5.70. The fourth-order valence-corrected chi connectivity index (χ4v) is 5.39. The number of benzene rings is 1. The Labute approximate surface area is 230 Å². The van der Waals surface area contributed by atoms with Crippen molar-refractivity contribution < 1.29 is 14.3 Å². The Morgan fingerprint density at radius 3 is 2.54 bits per heavy atom. The minimum atomic E-state index is -0.231. The van der Waals surface area contributed by atoms with Gasteiger partial charge >= 0.3 is 6.03 Å². The highest BCUT2D eigenvalue weighted by molar-refractivity contribution is 5.89. The van der Waals surface area contributed by atoms with Crippen LogP contribution in [-0.4, -0.2) is 115 Å². The number of likely N-dealkylation sites (N-methyl/N-ethyl adjacent to an activating group) is 1. The monoisotopic (exact) mass is 536 g/mol. The summed E-state index contributed by atoms with van der Waals surface area (Å²) in [6.45, 7) is 12.0. The maximum absolute atomic E-state index is 13.1. The molecule has 0 bridgehead atoms. The van der Waals surface area contributed by atoms with Gasteiger partial charge in [0.1, 0.15) is 5.82 Å². The Morgan fingerprint density at radius 2 is 1.82 bits per heavy atom. The fraction of sp³-hybridized carbons (Fsp3) is 0.571. The van der Waals surface area contributed by atoms with Crippen LogP contribution >= 0.6 is 0 Å². The number of carbonyl (C=O) groups excluding carboxylic acids is 2. The predicted octanol–water partition coefficient (Wildman–Crippen LogP) is 1.64. The average molecular weight is 537 g/mol. The van der Waals surface area contributed by atoms with Crippen LogP contribution < -0.4 is 15.5 Å². The molecule has 4 heterocycles. The molecule has 3 aliphatic rings. The second-order valence-electron chi connectivity index (χ2n) is 10.6. The number of hydrogen-bond donors (Lipinski definition) is 2. The van der Waals surface area contributed by atoms with Crippen molar-refractivity contribution in [3.8, 4) is 11.4 Å². The molecule has 2 N–H and O–H groups in total. The number of hydrogen-bond acceptors (Lipinski definition) is 8. The fourth-order valence-electron chi connectivity index (χ4n) is 5.39. The first-order chi connectivity index (χ1) is 18.9. The van der Waals surface area contributed by atoms with Gasteiger partial charge in [-0.25, -0.2) is 14.8 Å². The van der Waals surface area contributed by atoms with E-state index < -0.39 is 0 Å². The summed E-state index contributed by atoms with van der Waals surface area (Å²) in [4.78, 5) is 43.9. The van der Waals surface area contributed by atoms with Gasteiger partial charge in [-0.15, -0.1) is 0 Å². The molecule has 1 aromatic heterocycles. The standard InChI is InChI=1S/C28H40N8O3/c1-4-29-28(38)30-22-7-5-21(6-8-22)26-31-24-17-34(18-25(37)35-13-11-33(3)12-14-35)10-9-23(24)27(32-26)36-15-16-39-19-20(36)2/h5-8,20H,4,9-19H2,1-3H3,(H2,29,30,38). The molecule has 1 unspecified atom stereocenters. The molecule has 39 heavy (non-hydrogen) atoms. The van der Waals surface area contributed by atoms with E-state index in [4.69, 9.17) is 14.7 Å². The molecule has 3 amide bonds. The Morgan fingerprint density at radius 1 is 1.05 bits per heavy atom. The molecule has 0 spiro atoms. The van der Waals surface area contributed by atoms with Gasteiger partial charge in [-0.05, 0) is 51.6 Å². The largest absolute Gasteiger partial charge is 0.377 e. The number of fused-ring (bicyclic) bond motifs is 1. The van der Waals surface area contributed by atoms with E-state index in [0.717, 1.165) is 62.8 Å². The highest BCUT2D eigenvalue weighted by atomic mass is 16.5. The average Bonchev–Trinajstić information content (AvgIpc) is 2.93. The molecule has 1 atom stereocenters. The lowest BCUT2D eigenvalue weighted by Crippen LogP contribution is -2.50. The number of amides is 3. The van der Waals surface area contributed by atoms with Crippen molar-refractivity contribution in [2.75, 3.05) is 82.8 Å². The smallest absolute Gasteiger partial charge is 0.319 e. The Balaban J connectivity index is 1.39. The van der Waals surface area contributed by atoms with E-state index in [9.17, 15) is 9.59 Å². The number of ether oxygens (including phenoxy) is 1. The summed E-state index contributed by atoms with van der Waals surface area (Å²) in [5.41, 5.74) is 3.74. The van der Waals surface area contributed by atoms with E-state index >= 15 is 0 Å². The molecule has 3 aliphatic heterocycles. The Kier molecular flexibility index (Phi) is 8.59. The van der Waals surface area contributed by atoms with E-state index in [-0.39, 0.29) is 18.0 Å². The van der Waals surface area contributed by atoms with Crippen molar-refractivity contribution in [2.24, 2.45) is 0 Å². The van der Waals surface area contributed by atoms with Crippen LogP contribution in [0.3, 0.4) is 0 Å². The Hall–Kier alpha value is -3.28. The predicted molar refractivity (Wildman–Crippen MR) is 151 cm³/mol. The highest BCUT2D eigenvalue weighted by Gasteiger charge is 2.30. The molecule has 210 valence electrons. The number of nitrogens with one attached hydrogen (secondary N) is 2. The molecule has 0 saturated carbocycles. The molecule has 11 nitrogen and oxygen atoms in total. The zero-order chi connectivity index (χ0) is 27.4. The molecule has 11 heteroatoms. The van der Waals surface area contributed by atoms with E-state index in [0.29, 0.717) is 44.4 Å². The second-order valence-corrected chi connectivity index (χ2v) is 10.6. The van der Waals surface area contributed by atoms with Crippen LogP contribution in [0.15, 0.2) is 24.3 Å². The number of anilines is 2. The lowest BCUT2D eigenvalue weighted by molar-refractivity contribution is -0.134. The second kappa shape index (κ2) is 12.3. The molecule has 1 aromatic carbocycles. The first-order valence-corrected chi connectivity index (χ1v) is 14.0. The van der Waals surface area contributed by atoms with Crippen LogP contribution in [0.2, 0.25) is 0 Å². The first kappa shape index (κ1) is 27.3. The maximum atomic E-state index is 13.1. The van der Waals surface area contributed by atoms with Gasteiger partial charge in [0.2, 0.25) is 5.91 Å². The molecule has 0 radical (unpaired) electrons. The third-order valence-corrected chi connectivity index (χ3v) is 7.72. The quantitative estimate of drug-likeness (QED) is 0.574. The van der Waals surface area contributed by atoms with Gasteiger partial charge in [-0.2, -0.15) is 0 Å². The van der Waals surface area contributed by atoms with Crippen molar-refractivity contribution in [2.45, 2.75) is 32.9 Å². The minimum Gasteiger partial charge on any atom is -0.377 e. The van der Waals surface area contributed by atoms with E-state index in [2.05, 4.69) is 39.3 Å². The zero-order valence-corrected chi connectivity index (χ0v) is 23.3. The van der Waals surface area contributed by atoms with Crippen LogP contribution in [0.1, 0.15) is 25.1 Å². The van der Waals surface area contributed by atoms with Crippen molar-refractivity contribution in [3.05, 3.63) is 35.5 Å². The van der Waals surface area contributed by atoms with E-state index in [1.54, 1.807) is 0 Å². The van der Waals surface area contributed by atoms with Crippen LogP contribution in [0.4, 0.5) is 16.3 Å². The third kappa shape index (κ3) is 6.48. The SMILES string of the molecule is CCNC(=O)Nc1ccc(-c2nc3c(c(N4CCOCC4C)n2)CCN(CC(=O)N2CCN(C)CC2)C3)cc1. The van der Waals surface area contributed by atoms with Gasteiger partial charge in [-0.1, -0.05) is 0 Å². The lowest BCUT2D eigenvalue weighted by Gasteiger charge is -2.38. The number of urea groups is 1. The molecule has 2 fully saturated rings. The van der Waals surface area contributed by atoms with Gasteiger partial charge in [0.05, 0.1) is 31.5 Å². The molecule has 2 saturated heterocycles. The minimum absolute atomic E-state index is 0.193. The van der Waals surface area contributed by atoms with Gasteiger partial charge in [0, 0.05) is 69.2 Å². The topological polar surface area (TPSA) is 106 Å². The van der Waals surface area contributed by atoms with Crippen molar-refractivity contribution in [1.82, 2.24) is 30.0 Å².